The highest BCUT2D eigenvalue weighted by atomic mass is 15.2. The highest BCUT2D eigenvalue weighted by molar-refractivity contribution is 5.63. The molecule has 0 saturated heterocycles. The first-order chi connectivity index (χ1) is 9.11. The van der Waals surface area contributed by atoms with Crippen molar-refractivity contribution in [3.05, 3.63) is 47.4 Å². The summed E-state index contributed by atoms with van der Waals surface area (Å²) in [5.41, 5.74) is 9.20. The van der Waals surface area contributed by atoms with Crippen LogP contribution in [0.2, 0.25) is 0 Å². The summed E-state index contributed by atoms with van der Waals surface area (Å²) in [5.74, 6) is 1.68. The first-order valence-electron chi connectivity index (χ1n) is 6.45. The van der Waals surface area contributed by atoms with Crippen molar-refractivity contribution < 1.29 is 0 Å². The Labute approximate surface area is 114 Å². The van der Waals surface area contributed by atoms with Crippen molar-refractivity contribution in [1.82, 2.24) is 9.97 Å². The number of nitrogens with two attached hydrogens (primary N) is 1. The third kappa shape index (κ3) is 3.09. The monoisotopic (exact) mass is 256 g/mol. The van der Waals surface area contributed by atoms with E-state index in [4.69, 9.17) is 5.73 Å². The number of hydrogen-bond donors (Lipinski definition) is 1. The molecule has 0 aliphatic heterocycles. The summed E-state index contributed by atoms with van der Waals surface area (Å²) in [6.07, 6.45) is 2.49. The molecule has 0 bridgehead atoms. The molecule has 0 aliphatic carbocycles. The number of rotatable bonds is 4. The van der Waals surface area contributed by atoms with Crippen LogP contribution in [0.15, 0.2) is 30.5 Å². The van der Waals surface area contributed by atoms with E-state index in [1.165, 1.54) is 11.1 Å². The molecule has 1 heterocycles. The van der Waals surface area contributed by atoms with E-state index in [0.29, 0.717) is 13.0 Å². The largest absolute Gasteiger partial charge is 0.330 e. The second kappa shape index (κ2) is 5.80. The van der Waals surface area contributed by atoms with Gasteiger partial charge in [-0.1, -0.05) is 17.7 Å². The minimum atomic E-state index is 0.566. The third-order valence-corrected chi connectivity index (χ3v) is 3.12. The van der Waals surface area contributed by atoms with Crippen LogP contribution in [0.3, 0.4) is 0 Å². The molecule has 0 unspecified atom stereocenters. The van der Waals surface area contributed by atoms with Crippen LogP contribution in [-0.4, -0.2) is 23.6 Å². The Morgan fingerprint density at radius 3 is 2.68 bits per heavy atom. The molecule has 0 aliphatic rings. The van der Waals surface area contributed by atoms with Crippen molar-refractivity contribution >= 4 is 11.5 Å². The topological polar surface area (TPSA) is 55.0 Å². The predicted octanol–water partition coefficient (Wildman–Crippen LogP) is 2.36. The van der Waals surface area contributed by atoms with E-state index >= 15 is 0 Å². The van der Waals surface area contributed by atoms with E-state index in [1.807, 2.05) is 13.1 Å². The van der Waals surface area contributed by atoms with Crippen LogP contribution in [0, 0.1) is 13.8 Å². The lowest BCUT2D eigenvalue weighted by Gasteiger charge is -2.21. The van der Waals surface area contributed by atoms with E-state index in [-0.39, 0.29) is 0 Å². The molecule has 4 nitrogen and oxygen atoms in total. The maximum atomic E-state index is 5.54. The van der Waals surface area contributed by atoms with Crippen molar-refractivity contribution in [3.63, 3.8) is 0 Å². The Bertz CT molecular complexity index is 566. The molecule has 0 spiro atoms. The van der Waals surface area contributed by atoms with Crippen LogP contribution in [-0.2, 0) is 6.42 Å². The lowest BCUT2D eigenvalue weighted by Crippen LogP contribution is -2.15. The van der Waals surface area contributed by atoms with E-state index in [1.54, 1.807) is 6.20 Å². The Morgan fingerprint density at radius 2 is 2.00 bits per heavy atom. The van der Waals surface area contributed by atoms with Crippen LogP contribution in [0.1, 0.15) is 17.0 Å². The molecule has 2 aromatic rings. The molecule has 0 atom stereocenters. The molecule has 4 heteroatoms. The van der Waals surface area contributed by atoms with Gasteiger partial charge in [-0.15, -0.1) is 0 Å². The Kier molecular flexibility index (Phi) is 4.12. The van der Waals surface area contributed by atoms with Gasteiger partial charge in [0.1, 0.15) is 11.6 Å². The van der Waals surface area contributed by atoms with Gasteiger partial charge >= 0.3 is 0 Å². The number of nitrogens with zero attached hydrogens (tertiary/aromatic N) is 3. The summed E-state index contributed by atoms with van der Waals surface area (Å²) < 4.78 is 0. The quantitative estimate of drug-likeness (QED) is 0.912. The average Bonchev–Trinajstić information content (AvgIpc) is 2.39. The van der Waals surface area contributed by atoms with Gasteiger partial charge < -0.3 is 10.6 Å². The van der Waals surface area contributed by atoms with E-state index in [2.05, 4.69) is 46.9 Å². The number of aryl methyl sites for hydroxylation is 2. The van der Waals surface area contributed by atoms with Gasteiger partial charge in [-0.2, -0.15) is 0 Å². The molecular weight excluding hydrogens is 236 g/mol. The molecule has 2 rings (SSSR count). The van der Waals surface area contributed by atoms with Crippen molar-refractivity contribution in [2.45, 2.75) is 20.3 Å². The average molecular weight is 256 g/mol. The number of anilines is 2. The third-order valence-electron chi connectivity index (χ3n) is 3.12. The zero-order valence-corrected chi connectivity index (χ0v) is 11.7. The van der Waals surface area contributed by atoms with Gasteiger partial charge in [0.15, 0.2) is 0 Å². The van der Waals surface area contributed by atoms with E-state index in [9.17, 15) is 0 Å². The van der Waals surface area contributed by atoms with Crippen LogP contribution in [0.4, 0.5) is 11.5 Å². The van der Waals surface area contributed by atoms with Crippen LogP contribution in [0.25, 0.3) is 0 Å². The fourth-order valence-corrected chi connectivity index (χ4v) is 2.13. The second-order valence-electron chi connectivity index (χ2n) is 4.72. The van der Waals surface area contributed by atoms with Crippen LogP contribution >= 0.6 is 0 Å². The number of benzene rings is 1. The van der Waals surface area contributed by atoms with Crippen molar-refractivity contribution in [3.8, 4) is 0 Å². The van der Waals surface area contributed by atoms with Crippen LogP contribution in [0.5, 0.6) is 0 Å². The first kappa shape index (κ1) is 13.5. The summed E-state index contributed by atoms with van der Waals surface area (Å²) in [7, 11) is 2.02. The Hall–Kier alpha value is -1.94. The maximum absolute atomic E-state index is 5.54. The van der Waals surface area contributed by atoms with Gasteiger partial charge in [0.25, 0.3) is 0 Å². The number of hydrogen-bond acceptors (Lipinski definition) is 4. The highest BCUT2D eigenvalue weighted by Crippen LogP contribution is 2.25. The highest BCUT2D eigenvalue weighted by Gasteiger charge is 2.09. The molecule has 0 amide bonds. The minimum absolute atomic E-state index is 0.566. The summed E-state index contributed by atoms with van der Waals surface area (Å²) in [5, 5.41) is 0. The van der Waals surface area contributed by atoms with Gasteiger partial charge in [0.05, 0.1) is 0 Å². The van der Waals surface area contributed by atoms with Crippen molar-refractivity contribution in [2.75, 3.05) is 18.5 Å². The molecule has 2 N–H and O–H groups in total. The summed E-state index contributed by atoms with van der Waals surface area (Å²) in [6.45, 7) is 4.78. The summed E-state index contributed by atoms with van der Waals surface area (Å²) in [6, 6.07) is 8.32. The fourth-order valence-electron chi connectivity index (χ4n) is 2.13. The lowest BCUT2D eigenvalue weighted by atomic mass is 10.1. The normalized spacial score (nSPS) is 10.5. The smallest absolute Gasteiger partial charge is 0.136 e. The molecule has 0 saturated carbocycles. The van der Waals surface area contributed by atoms with E-state index in [0.717, 1.165) is 17.3 Å². The Balaban J connectivity index is 2.32. The van der Waals surface area contributed by atoms with Gasteiger partial charge in [0, 0.05) is 25.4 Å². The standard InChI is InChI=1S/C15H20N4/c1-11-4-5-13(12(2)10-11)19(3)15-7-9-17-14(18-15)6-8-16/h4-5,7,9-10H,6,8,16H2,1-3H3. The van der Waals surface area contributed by atoms with Crippen molar-refractivity contribution in [1.29, 1.82) is 0 Å². The van der Waals surface area contributed by atoms with Crippen molar-refractivity contribution in [2.24, 2.45) is 5.73 Å². The minimum Gasteiger partial charge on any atom is -0.330 e. The summed E-state index contributed by atoms with van der Waals surface area (Å²) >= 11 is 0. The van der Waals surface area contributed by atoms with E-state index < -0.39 is 0 Å². The molecule has 0 radical (unpaired) electrons. The Morgan fingerprint density at radius 1 is 1.21 bits per heavy atom. The maximum Gasteiger partial charge on any atom is 0.136 e. The zero-order chi connectivity index (χ0) is 13.8. The molecule has 100 valence electrons. The second-order valence-corrected chi connectivity index (χ2v) is 4.72. The molecule has 0 fully saturated rings. The zero-order valence-electron chi connectivity index (χ0n) is 11.7. The lowest BCUT2D eigenvalue weighted by molar-refractivity contribution is 0.861. The van der Waals surface area contributed by atoms with Gasteiger partial charge in [-0.3, -0.25) is 0 Å². The first-order valence-corrected chi connectivity index (χ1v) is 6.45. The SMILES string of the molecule is Cc1ccc(N(C)c2ccnc(CCN)n2)c(C)c1. The molecular formula is C15H20N4. The predicted molar refractivity (Wildman–Crippen MR) is 78.8 cm³/mol. The molecule has 1 aromatic carbocycles. The molecule has 19 heavy (non-hydrogen) atoms. The number of aromatic nitrogens is 2. The molecule has 1 aromatic heterocycles. The summed E-state index contributed by atoms with van der Waals surface area (Å²) in [4.78, 5) is 10.8. The van der Waals surface area contributed by atoms with Gasteiger partial charge in [0.2, 0.25) is 0 Å². The van der Waals surface area contributed by atoms with Gasteiger partial charge in [-0.25, -0.2) is 9.97 Å². The fraction of sp³-hybridized carbons (Fsp3) is 0.333. The van der Waals surface area contributed by atoms with Gasteiger partial charge in [-0.05, 0) is 38.1 Å². The van der Waals surface area contributed by atoms with Crippen LogP contribution < -0.4 is 10.6 Å².